The van der Waals surface area contributed by atoms with E-state index in [0.29, 0.717) is 36.6 Å². The highest BCUT2D eigenvalue weighted by Crippen LogP contribution is 2.33. The van der Waals surface area contributed by atoms with E-state index in [1.165, 1.54) is 5.56 Å². The van der Waals surface area contributed by atoms with Crippen LogP contribution >= 0.6 is 0 Å². The predicted octanol–water partition coefficient (Wildman–Crippen LogP) is 3.03. The number of anilines is 1. The van der Waals surface area contributed by atoms with Gasteiger partial charge in [-0.25, -0.2) is 0 Å². The smallest absolute Gasteiger partial charge is 0.254 e. The molecule has 6 heteroatoms. The Hall–Kier alpha value is -3.02. The Balaban J connectivity index is 1.56. The number of carbonyl (C=O) groups is 2. The predicted molar refractivity (Wildman–Crippen MR) is 106 cm³/mol. The minimum Gasteiger partial charge on any atom is -0.493 e. The standard InChI is InChI=1S/C22H24N2O4/c1-27-19-12-15-8-10-23(14-17(15)13-20(19)28-2)22(26)16-5-3-6-18(11-16)24-9-4-7-21(24)25/h3,5-6,11-13H,4,7-10,14H2,1-2H3. The van der Waals surface area contributed by atoms with Crippen LogP contribution in [0.5, 0.6) is 11.5 Å². The molecule has 0 radical (unpaired) electrons. The molecule has 2 aromatic carbocycles. The van der Waals surface area contributed by atoms with Gasteiger partial charge in [0.15, 0.2) is 11.5 Å². The van der Waals surface area contributed by atoms with Gasteiger partial charge in [0.25, 0.3) is 5.91 Å². The molecule has 28 heavy (non-hydrogen) atoms. The Labute approximate surface area is 164 Å². The van der Waals surface area contributed by atoms with E-state index in [4.69, 9.17) is 9.47 Å². The molecule has 2 heterocycles. The Morgan fingerprint density at radius 2 is 1.71 bits per heavy atom. The van der Waals surface area contributed by atoms with Crippen molar-refractivity contribution < 1.29 is 19.1 Å². The third-order valence-electron chi connectivity index (χ3n) is 5.48. The van der Waals surface area contributed by atoms with E-state index in [1.807, 2.05) is 41.3 Å². The maximum Gasteiger partial charge on any atom is 0.254 e. The zero-order valence-corrected chi connectivity index (χ0v) is 16.2. The molecule has 0 atom stereocenters. The zero-order valence-electron chi connectivity index (χ0n) is 16.2. The Morgan fingerprint density at radius 3 is 2.39 bits per heavy atom. The Morgan fingerprint density at radius 1 is 0.964 bits per heavy atom. The third-order valence-corrected chi connectivity index (χ3v) is 5.48. The number of methoxy groups -OCH3 is 2. The van der Waals surface area contributed by atoms with Crippen LogP contribution in [-0.2, 0) is 17.8 Å². The minimum atomic E-state index is -0.0195. The quantitative estimate of drug-likeness (QED) is 0.818. The summed E-state index contributed by atoms with van der Waals surface area (Å²) < 4.78 is 10.8. The lowest BCUT2D eigenvalue weighted by Crippen LogP contribution is -2.36. The molecule has 2 aromatic rings. The van der Waals surface area contributed by atoms with Crippen LogP contribution in [0.3, 0.4) is 0 Å². The highest BCUT2D eigenvalue weighted by atomic mass is 16.5. The van der Waals surface area contributed by atoms with Crippen molar-refractivity contribution in [2.24, 2.45) is 0 Å². The summed E-state index contributed by atoms with van der Waals surface area (Å²) in [4.78, 5) is 28.7. The summed E-state index contributed by atoms with van der Waals surface area (Å²) in [5.41, 5.74) is 3.67. The fraction of sp³-hybridized carbons (Fsp3) is 0.364. The first-order chi connectivity index (χ1) is 13.6. The largest absolute Gasteiger partial charge is 0.493 e. The number of hydrogen-bond donors (Lipinski definition) is 0. The molecule has 0 N–H and O–H groups in total. The summed E-state index contributed by atoms with van der Waals surface area (Å²) in [6.45, 7) is 1.89. The van der Waals surface area contributed by atoms with Gasteiger partial charge >= 0.3 is 0 Å². The molecule has 0 aromatic heterocycles. The van der Waals surface area contributed by atoms with Crippen LogP contribution in [0.1, 0.15) is 34.3 Å². The molecule has 0 aliphatic carbocycles. The highest BCUT2D eigenvalue weighted by Gasteiger charge is 2.26. The lowest BCUT2D eigenvalue weighted by atomic mass is 9.98. The molecule has 2 aliphatic heterocycles. The monoisotopic (exact) mass is 380 g/mol. The van der Waals surface area contributed by atoms with E-state index >= 15 is 0 Å². The molecule has 1 fully saturated rings. The first-order valence-corrected chi connectivity index (χ1v) is 9.54. The lowest BCUT2D eigenvalue weighted by Gasteiger charge is -2.30. The van der Waals surface area contributed by atoms with Crippen LogP contribution in [0.15, 0.2) is 36.4 Å². The van der Waals surface area contributed by atoms with Gasteiger partial charge in [-0.3, -0.25) is 9.59 Å². The number of rotatable bonds is 4. The van der Waals surface area contributed by atoms with Crippen molar-refractivity contribution in [3.05, 3.63) is 53.1 Å². The molecule has 6 nitrogen and oxygen atoms in total. The van der Waals surface area contributed by atoms with Crippen molar-refractivity contribution in [1.82, 2.24) is 4.90 Å². The van der Waals surface area contributed by atoms with Crippen molar-refractivity contribution in [3.63, 3.8) is 0 Å². The topological polar surface area (TPSA) is 59.1 Å². The molecule has 2 aliphatic rings. The zero-order chi connectivity index (χ0) is 19.7. The van der Waals surface area contributed by atoms with Crippen molar-refractivity contribution >= 4 is 17.5 Å². The maximum atomic E-state index is 13.1. The van der Waals surface area contributed by atoms with Gasteiger partial charge in [-0.1, -0.05) is 6.07 Å². The van der Waals surface area contributed by atoms with Crippen molar-refractivity contribution in [1.29, 1.82) is 0 Å². The van der Waals surface area contributed by atoms with Crippen molar-refractivity contribution in [3.8, 4) is 11.5 Å². The molecule has 0 bridgehead atoms. The molecule has 0 saturated carbocycles. The summed E-state index contributed by atoms with van der Waals surface area (Å²) in [7, 11) is 3.24. The molecular formula is C22H24N2O4. The van der Waals surface area contributed by atoms with Crippen LogP contribution in [0, 0.1) is 0 Å². The van der Waals surface area contributed by atoms with E-state index in [9.17, 15) is 9.59 Å². The number of carbonyl (C=O) groups excluding carboxylic acids is 2. The number of amides is 2. The van der Waals surface area contributed by atoms with Crippen LogP contribution in [0.4, 0.5) is 5.69 Å². The van der Waals surface area contributed by atoms with Gasteiger partial charge in [0.1, 0.15) is 0 Å². The van der Waals surface area contributed by atoms with Crippen LogP contribution in [0.2, 0.25) is 0 Å². The van der Waals surface area contributed by atoms with Gasteiger partial charge in [0, 0.05) is 37.3 Å². The summed E-state index contributed by atoms with van der Waals surface area (Å²) in [6.07, 6.45) is 2.21. The minimum absolute atomic E-state index is 0.0195. The molecule has 146 valence electrons. The second kappa shape index (κ2) is 7.54. The summed E-state index contributed by atoms with van der Waals surface area (Å²) in [6, 6.07) is 11.3. The first-order valence-electron chi connectivity index (χ1n) is 9.54. The van der Waals surface area contributed by atoms with E-state index in [-0.39, 0.29) is 11.8 Å². The van der Waals surface area contributed by atoms with Crippen LogP contribution in [-0.4, -0.2) is 44.0 Å². The molecule has 0 spiro atoms. The summed E-state index contributed by atoms with van der Waals surface area (Å²) in [5.74, 6) is 1.49. The van der Waals surface area contributed by atoms with Gasteiger partial charge in [-0.2, -0.15) is 0 Å². The first kappa shape index (κ1) is 18.3. The second-order valence-corrected chi connectivity index (χ2v) is 7.15. The normalized spacial score (nSPS) is 16.1. The van der Waals surface area contributed by atoms with Gasteiger partial charge in [0.2, 0.25) is 5.91 Å². The number of fused-ring (bicyclic) bond motifs is 1. The number of ether oxygens (including phenoxy) is 2. The molecule has 2 amide bonds. The number of hydrogen-bond acceptors (Lipinski definition) is 4. The van der Waals surface area contributed by atoms with E-state index in [0.717, 1.165) is 30.6 Å². The Bertz CT molecular complexity index is 925. The third kappa shape index (κ3) is 3.30. The fourth-order valence-electron chi connectivity index (χ4n) is 3.97. The summed E-state index contributed by atoms with van der Waals surface area (Å²) >= 11 is 0. The van der Waals surface area contributed by atoms with Crippen LogP contribution in [0.25, 0.3) is 0 Å². The van der Waals surface area contributed by atoms with Crippen molar-refractivity contribution in [2.75, 3.05) is 32.2 Å². The second-order valence-electron chi connectivity index (χ2n) is 7.15. The van der Waals surface area contributed by atoms with Crippen LogP contribution < -0.4 is 14.4 Å². The molecule has 1 saturated heterocycles. The average molecular weight is 380 g/mol. The lowest BCUT2D eigenvalue weighted by molar-refractivity contribution is -0.117. The van der Waals surface area contributed by atoms with Gasteiger partial charge in [0.05, 0.1) is 14.2 Å². The SMILES string of the molecule is COc1cc2c(cc1OC)CN(C(=O)c1cccc(N3CCCC3=O)c1)CC2. The maximum absolute atomic E-state index is 13.1. The van der Waals surface area contributed by atoms with Gasteiger partial charge in [-0.15, -0.1) is 0 Å². The van der Waals surface area contributed by atoms with Gasteiger partial charge < -0.3 is 19.3 Å². The number of benzene rings is 2. The van der Waals surface area contributed by atoms with E-state index < -0.39 is 0 Å². The summed E-state index contributed by atoms with van der Waals surface area (Å²) in [5, 5.41) is 0. The molecular weight excluding hydrogens is 356 g/mol. The molecule has 0 unspecified atom stereocenters. The van der Waals surface area contributed by atoms with Gasteiger partial charge in [-0.05, 0) is 54.3 Å². The molecule has 4 rings (SSSR count). The van der Waals surface area contributed by atoms with E-state index in [2.05, 4.69) is 0 Å². The number of nitrogens with zero attached hydrogens (tertiary/aromatic N) is 2. The Kier molecular flexibility index (Phi) is 4.94. The van der Waals surface area contributed by atoms with E-state index in [1.54, 1.807) is 19.1 Å². The fourth-order valence-corrected chi connectivity index (χ4v) is 3.97. The van der Waals surface area contributed by atoms with Crippen molar-refractivity contribution in [2.45, 2.75) is 25.8 Å². The average Bonchev–Trinajstić information content (AvgIpc) is 3.17. The highest BCUT2D eigenvalue weighted by molar-refractivity contribution is 5.99.